The summed E-state index contributed by atoms with van der Waals surface area (Å²) >= 11 is 0. The molecular formula is C12H23N3O2. The number of hydrogen-bond donors (Lipinski definition) is 2. The van der Waals surface area contributed by atoms with Gasteiger partial charge in [0.2, 0.25) is 5.91 Å². The maximum absolute atomic E-state index is 11.7. The van der Waals surface area contributed by atoms with Crippen LogP contribution in [-0.4, -0.2) is 63.3 Å². The molecule has 2 heterocycles. The van der Waals surface area contributed by atoms with Crippen molar-refractivity contribution in [2.45, 2.75) is 18.9 Å². The molecule has 98 valence electrons. The lowest BCUT2D eigenvalue weighted by molar-refractivity contribution is -0.122. The van der Waals surface area contributed by atoms with Crippen molar-refractivity contribution >= 4 is 5.91 Å². The third-order valence-electron chi connectivity index (χ3n) is 3.67. The number of ether oxygens (including phenoxy) is 1. The Kier molecular flexibility index (Phi) is 4.76. The summed E-state index contributed by atoms with van der Waals surface area (Å²) in [6, 6.07) is 0.607. The summed E-state index contributed by atoms with van der Waals surface area (Å²) in [5.41, 5.74) is 0. The van der Waals surface area contributed by atoms with E-state index in [1.54, 1.807) is 7.11 Å². The van der Waals surface area contributed by atoms with E-state index in [2.05, 4.69) is 15.5 Å². The SMILES string of the molecule is COCCNC(=O)CN1CC2CCCNC2C1. The predicted octanol–water partition coefficient (Wildman–Crippen LogP) is -0.567. The molecule has 0 spiro atoms. The Morgan fingerprint density at radius 2 is 2.41 bits per heavy atom. The fraction of sp³-hybridized carbons (Fsp3) is 0.917. The van der Waals surface area contributed by atoms with Crippen LogP contribution >= 0.6 is 0 Å². The maximum Gasteiger partial charge on any atom is 0.234 e. The van der Waals surface area contributed by atoms with Gasteiger partial charge in [-0.1, -0.05) is 0 Å². The van der Waals surface area contributed by atoms with Crippen LogP contribution < -0.4 is 10.6 Å². The highest BCUT2D eigenvalue weighted by atomic mass is 16.5. The van der Waals surface area contributed by atoms with E-state index in [0.717, 1.165) is 25.6 Å². The van der Waals surface area contributed by atoms with Crippen LogP contribution in [0.4, 0.5) is 0 Å². The summed E-state index contributed by atoms with van der Waals surface area (Å²) < 4.78 is 4.90. The molecule has 2 aliphatic rings. The van der Waals surface area contributed by atoms with E-state index in [1.807, 2.05) is 0 Å². The Balaban J connectivity index is 1.68. The summed E-state index contributed by atoms with van der Waals surface area (Å²) in [7, 11) is 1.64. The summed E-state index contributed by atoms with van der Waals surface area (Å²) in [5.74, 6) is 0.858. The second-order valence-corrected chi connectivity index (χ2v) is 5.00. The van der Waals surface area contributed by atoms with Crippen LogP contribution in [0.5, 0.6) is 0 Å². The second-order valence-electron chi connectivity index (χ2n) is 5.00. The largest absolute Gasteiger partial charge is 0.383 e. The van der Waals surface area contributed by atoms with Crippen molar-refractivity contribution in [3.05, 3.63) is 0 Å². The van der Waals surface area contributed by atoms with Gasteiger partial charge in [-0.25, -0.2) is 0 Å². The van der Waals surface area contributed by atoms with E-state index in [0.29, 0.717) is 25.7 Å². The summed E-state index contributed by atoms with van der Waals surface area (Å²) in [5, 5.41) is 6.41. The standard InChI is InChI=1S/C12H23N3O2/c1-17-6-5-14-12(16)9-15-7-10-3-2-4-13-11(10)8-15/h10-11,13H,2-9H2,1H3,(H,14,16). The van der Waals surface area contributed by atoms with E-state index in [9.17, 15) is 4.79 Å². The first kappa shape index (κ1) is 12.8. The molecule has 2 rings (SSSR count). The van der Waals surface area contributed by atoms with Crippen molar-refractivity contribution in [3.8, 4) is 0 Å². The van der Waals surface area contributed by atoms with Gasteiger partial charge in [-0.3, -0.25) is 9.69 Å². The molecular weight excluding hydrogens is 218 g/mol. The molecule has 2 fully saturated rings. The number of rotatable bonds is 5. The van der Waals surface area contributed by atoms with E-state index in [4.69, 9.17) is 4.74 Å². The number of hydrogen-bond acceptors (Lipinski definition) is 4. The van der Waals surface area contributed by atoms with Gasteiger partial charge < -0.3 is 15.4 Å². The summed E-state index contributed by atoms with van der Waals surface area (Å²) in [6.07, 6.45) is 2.58. The van der Waals surface area contributed by atoms with Crippen molar-refractivity contribution in [2.24, 2.45) is 5.92 Å². The Bertz CT molecular complexity index is 246. The lowest BCUT2D eigenvalue weighted by Crippen LogP contribution is -2.41. The molecule has 0 radical (unpaired) electrons. The number of carbonyl (C=O) groups is 1. The number of amides is 1. The van der Waals surface area contributed by atoms with Gasteiger partial charge in [0, 0.05) is 32.8 Å². The van der Waals surface area contributed by atoms with Crippen LogP contribution in [0.15, 0.2) is 0 Å². The van der Waals surface area contributed by atoms with Gasteiger partial charge in [-0.15, -0.1) is 0 Å². The van der Waals surface area contributed by atoms with Crippen molar-refractivity contribution in [1.29, 1.82) is 0 Å². The summed E-state index contributed by atoms with van der Waals surface area (Å²) in [6.45, 7) is 4.93. The van der Waals surface area contributed by atoms with E-state index in [1.165, 1.54) is 12.8 Å². The zero-order valence-corrected chi connectivity index (χ0v) is 10.6. The van der Waals surface area contributed by atoms with Gasteiger partial charge in [0.1, 0.15) is 0 Å². The first-order valence-corrected chi connectivity index (χ1v) is 6.51. The van der Waals surface area contributed by atoms with Gasteiger partial charge in [0.15, 0.2) is 0 Å². The van der Waals surface area contributed by atoms with Crippen LogP contribution in [0.25, 0.3) is 0 Å². The van der Waals surface area contributed by atoms with Gasteiger partial charge >= 0.3 is 0 Å². The molecule has 5 heteroatoms. The number of fused-ring (bicyclic) bond motifs is 1. The fourth-order valence-electron chi connectivity index (χ4n) is 2.82. The second kappa shape index (κ2) is 6.33. The normalized spacial score (nSPS) is 29.0. The molecule has 2 unspecified atom stereocenters. The molecule has 1 amide bonds. The number of nitrogens with one attached hydrogen (secondary N) is 2. The molecule has 5 nitrogen and oxygen atoms in total. The quantitative estimate of drug-likeness (QED) is 0.633. The number of carbonyl (C=O) groups excluding carboxylic acids is 1. The fourth-order valence-corrected chi connectivity index (χ4v) is 2.82. The number of methoxy groups -OCH3 is 1. The minimum atomic E-state index is 0.112. The highest BCUT2D eigenvalue weighted by Gasteiger charge is 2.34. The number of piperidine rings is 1. The zero-order chi connectivity index (χ0) is 12.1. The van der Waals surface area contributed by atoms with E-state index >= 15 is 0 Å². The average molecular weight is 241 g/mol. The van der Waals surface area contributed by atoms with Crippen LogP contribution in [0, 0.1) is 5.92 Å². The van der Waals surface area contributed by atoms with Crippen molar-refractivity contribution in [3.63, 3.8) is 0 Å². The molecule has 2 N–H and O–H groups in total. The molecule has 2 atom stereocenters. The lowest BCUT2D eigenvalue weighted by atomic mass is 9.94. The lowest BCUT2D eigenvalue weighted by Gasteiger charge is -2.24. The number of nitrogens with zero attached hydrogens (tertiary/aromatic N) is 1. The van der Waals surface area contributed by atoms with Crippen LogP contribution in [-0.2, 0) is 9.53 Å². The molecule has 2 saturated heterocycles. The van der Waals surface area contributed by atoms with Gasteiger partial charge in [-0.05, 0) is 25.3 Å². The highest BCUT2D eigenvalue weighted by molar-refractivity contribution is 5.78. The molecule has 0 aromatic carbocycles. The Morgan fingerprint density at radius 1 is 1.53 bits per heavy atom. The van der Waals surface area contributed by atoms with Crippen molar-refractivity contribution < 1.29 is 9.53 Å². The topological polar surface area (TPSA) is 53.6 Å². The molecule has 17 heavy (non-hydrogen) atoms. The molecule has 0 aromatic heterocycles. The minimum Gasteiger partial charge on any atom is -0.383 e. The van der Waals surface area contributed by atoms with Crippen molar-refractivity contribution in [1.82, 2.24) is 15.5 Å². The molecule has 0 aromatic rings. The Hall–Kier alpha value is -0.650. The first-order valence-electron chi connectivity index (χ1n) is 6.51. The first-order chi connectivity index (χ1) is 8.29. The molecule has 0 aliphatic carbocycles. The summed E-state index contributed by atoms with van der Waals surface area (Å²) in [4.78, 5) is 13.9. The Labute approximate surface area is 103 Å². The highest BCUT2D eigenvalue weighted by Crippen LogP contribution is 2.24. The number of likely N-dealkylation sites (tertiary alicyclic amines) is 1. The van der Waals surface area contributed by atoms with Crippen LogP contribution in [0.2, 0.25) is 0 Å². The third-order valence-corrected chi connectivity index (χ3v) is 3.67. The van der Waals surface area contributed by atoms with Gasteiger partial charge in [0.25, 0.3) is 0 Å². The monoisotopic (exact) mass is 241 g/mol. The maximum atomic E-state index is 11.7. The predicted molar refractivity (Wildman–Crippen MR) is 65.8 cm³/mol. The van der Waals surface area contributed by atoms with Gasteiger partial charge in [0.05, 0.1) is 13.2 Å². The Morgan fingerprint density at radius 3 is 3.18 bits per heavy atom. The van der Waals surface area contributed by atoms with Gasteiger partial charge in [-0.2, -0.15) is 0 Å². The van der Waals surface area contributed by atoms with Crippen LogP contribution in [0.1, 0.15) is 12.8 Å². The zero-order valence-electron chi connectivity index (χ0n) is 10.6. The minimum absolute atomic E-state index is 0.112. The van der Waals surface area contributed by atoms with E-state index < -0.39 is 0 Å². The third kappa shape index (κ3) is 3.66. The van der Waals surface area contributed by atoms with Crippen molar-refractivity contribution in [2.75, 3.05) is 46.4 Å². The smallest absolute Gasteiger partial charge is 0.234 e. The van der Waals surface area contributed by atoms with Crippen LogP contribution in [0.3, 0.4) is 0 Å². The molecule has 2 aliphatic heterocycles. The molecule has 0 bridgehead atoms. The average Bonchev–Trinajstić information content (AvgIpc) is 2.71. The van der Waals surface area contributed by atoms with E-state index in [-0.39, 0.29) is 5.91 Å². The molecule has 0 saturated carbocycles.